The smallest absolute Gasteiger partial charge is 0.352 e. The third-order valence-electron chi connectivity index (χ3n) is 4.07. The number of furan rings is 1. The first-order chi connectivity index (χ1) is 12.5. The van der Waals surface area contributed by atoms with Crippen LogP contribution in [0.2, 0.25) is 0 Å². The molecule has 0 aliphatic carbocycles. The highest BCUT2D eigenvalue weighted by Gasteiger charge is 2.54. The highest BCUT2D eigenvalue weighted by atomic mass is 32.2. The molecule has 1 aromatic rings. The molecule has 2 aliphatic rings. The molecular weight excluding hydrogens is 360 g/mol. The molecule has 1 fully saturated rings. The Bertz CT molecular complexity index is 799. The predicted octanol–water partition coefficient (Wildman–Crippen LogP) is 1.35. The normalized spacial score (nSPS) is 21.9. The Balaban J connectivity index is 1.69. The average Bonchev–Trinajstić information content (AvgIpc) is 3.11. The van der Waals surface area contributed by atoms with Crippen molar-refractivity contribution < 1.29 is 28.6 Å². The zero-order valence-corrected chi connectivity index (χ0v) is 14.9. The van der Waals surface area contributed by atoms with Gasteiger partial charge in [0.05, 0.1) is 0 Å². The van der Waals surface area contributed by atoms with Crippen molar-refractivity contribution in [3.63, 3.8) is 0 Å². The minimum Gasteiger partial charge on any atom is -0.477 e. The van der Waals surface area contributed by atoms with E-state index in [4.69, 9.17) is 9.15 Å². The van der Waals surface area contributed by atoms with Crippen molar-refractivity contribution in [2.24, 2.45) is 0 Å². The number of carbonyl (C=O) groups excluding carboxylic acids is 2. The summed E-state index contributed by atoms with van der Waals surface area (Å²) in [6.45, 7) is 6.23. The fourth-order valence-electron chi connectivity index (χ4n) is 2.79. The van der Waals surface area contributed by atoms with Crippen LogP contribution in [0.15, 0.2) is 40.5 Å². The quantitative estimate of drug-likeness (QED) is 0.690. The largest absolute Gasteiger partial charge is 0.477 e. The Kier molecular flexibility index (Phi) is 5.19. The Morgan fingerprint density at radius 3 is 2.96 bits per heavy atom. The molecule has 2 N–H and O–H groups in total. The summed E-state index contributed by atoms with van der Waals surface area (Å²) >= 11 is 1.38. The monoisotopic (exact) mass is 378 g/mol. The number of thioether (sulfide) groups is 1. The number of aliphatic carboxylic acids is 1. The number of allylic oxidation sites excluding steroid dienone is 1. The van der Waals surface area contributed by atoms with Gasteiger partial charge >= 0.3 is 5.97 Å². The van der Waals surface area contributed by atoms with E-state index >= 15 is 0 Å². The zero-order valence-electron chi connectivity index (χ0n) is 14.1. The van der Waals surface area contributed by atoms with Gasteiger partial charge in [-0.2, -0.15) is 0 Å². The van der Waals surface area contributed by atoms with Crippen LogP contribution in [0.1, 0.15) is 23.2 Å². The number of rotatable bonds is 7. The average molecular weight is 378 g/mol. The van der Waals surface area contributed by atoms with Crippen LogP contribution >= 0.6 is 11.8 Å². The van der Waals surface area contributed by atoms with E-state index in [-0.39, 0.29) is 18.1 Å². The van der Waals surface area contributed by atoms with Gasteiger partial charge in [-0.3, -0.25) is 14.5 Å². The molecular formula is C17H18N2O6S. The molecule has 0 spiro atoms. The van der Waals surface area contributed by atoms with Gasteiger partial charge < -0.3 is 19.6 Å². The van der Waals surface area contributed by atoms with Crippen LogP contribution in [0.25, 0.3) is 0 Å². The van der Waals surface area contributed by atoms with E-state index in [0.717, 1.165) is 0 Å². The second-order valence-corrected chi connectivity index (χ2v) is 6.75. The first-order valence-electron chi connectivity index (χ1n) is 7.98. The van der Waals surface area contributed by atoms with Crippen LogP contribution in [-0.4, -0.2) is 51.6 Å². The Morgan fingerprint density at radius 1 is 1.54 bits per heavy atom. The number of carboxylic acid groups (broad SMARTS) is 1. The Morgan fingerprint density at radius 2 is 2.31 bits per heavy atom. The number of carboxylic acids is 1. The molecule has 1 aromatic heterocycles. The molecule has 0 radical (unpaired) electrons. The number of amides is 2. The molecule has 0 aromatic carbocycles. The maximum Gasteiger partial charge on any atom is 0.352 e. The summed E-state index contributed by atoms with van der Waals surface area (Å²) in [6, 6.07) is 2.35. The summed E-state index contributed by atoms with van der Waals surface area (Å²) in [5, 5.41) is 11.5. The third-order valence-corrected chi connectivity index (χ3v) is 5.37. The number of nitrogens with zero attached hydrogens (tertiary/aromatic N) is 1. The van der Waals surface area contributed by atoms with Crippen LogP contribution in [0.5, 0.6) is 0 Å². The number of carbonyl (C=O) groups is 3. The zero-order chi connectivity index (χ0) is 18.8. The number of β-lactam (4-membered cyclic amide) rings is 1. The molecule has 26 heavy (non-hydrogen) atoms. The van der Waals surface area contributed by atoms with Gasteiger partial charge in [0.25, 0.3) is 11.8 Å². The van der Waals surface area contributed by atoms with E-state index in [9.17, 15) is 19.5 Å². The van der Waals surface area contributed by atoms with Gasteiger partial charge in [0.2, 0.25) is 0 Å². The lowest BCUT2D eigenvalue weighted by atomic mass is 10.0. The molecule has 0 saturated carbocycles. The minimum atomic E-state index is -1.19. The fraction of sp³-hybridized carbons (Fsp3) is 0.353. The molecule has 0 bridgehead atoms. The van der Waals surface area contributed by atoms with E-state index in [0.29, 0.717) is 23.7 Å². The summed E-state index contributed by atoms with van der Waals surface area (Å²) < 4.78 is 10.6. The standard InChI is InChI=1S/C17H18N2O6S/c1-3-9-8-26-16-12(15(21)19(16)13(9)17(22)23)18-14(20)11-6-5-10(25-11)7-24-4-2/h3,5-6,12,16H,1,4,7-8H2,2H3,(H,18,20)(H,22,23)/t12-,16-/m1/s1. The lowest BCUT2D eigenvalue weighted by Crippen LogP contribution is -2.70. The second kappa shape index (κ2) is 7.38. The molecule has 8 nitrogen and oxygen atoms in total. The Labute approximate surface area is 153 Å². The van der Waals surface area contributed by atoms with E-state index in [2.05, 4.69) is 11.9 Å². The molecule has 2 atom stereocenters. The van der Waals surface area contributed by atoms with Gasteiger partial charge in [0, 0.05) is 12.4 Å². The summed E-state index contributed by atoms with van der Waals surface area (Å²) in [7, 11) is 0. The van der Waals surface area contributed by atoms with Gasteiger partial charge in [-0.15, -0.1) is 11.8 Å². The topological polar surface area (TPSA) is 109 Å². The molecule has 9 heteroatoms. The lowest BCUT2D eigenvalue weighted by molar-refractivity contribution is -0.148. The van der Waals surface area contributed by atoms with Crippen LogP contribution in [0.3, 0.4) is 0 Å². The van der Waals surface area contributed by atoms with Crippen LogP contribution in [0, 0.1) is 0 Å². The molecule has 138 valence electrons. The van der Waals surface area contributed by atoms with Gasteiger partial charge in [-0.25, -0.2) is 4.79 Å². The van der Waals surface area contributed by atoms with Crippen LogP contribution in [0.4, 0.5) is 0 Å². The van der Waals surface area contributed by atoms with Crippen molar-refractivity contribution >= 4 is 29.5 Å². The van der Waals surface area contributed by atoms with Gasteiger partial charge in [-0.05, 0) is 24.6 Å². The lowest BCUT2D eigenvalue weighted by Gasteiger charge is -2.49. The van der Waals surface area contributed by atoms with E-state index in [1.54, 1.807) is 6.07 Å². The van der Waals surface area contributed by atoms with E-state index in [1.165, 1.54) is 28.8 Å². The van der Waals surface area contributed by atoms with Crippen LogP contribution in [-0.2, 0) is 20.9 Å². The first kappa shape index (κ1) is 18.3. The maximum atomic E-state index is 12.4. The number of hydrogen-bond donors (Lipinski definition) is 2. The molecule has 3 heterocycles. The number of fused-ring (bicyclic) bond motifs is 1. The Hall–Kier alpha value is -2.52. The summed E-state index contributed by atoms with van der Waals surface area (Å²) in [5.41, 5.74) is 0.416. The molecule has 3 rings (SSSR count). The summed E-state index contributed by atoms with van der Waals surface area (Å²) in [5.74, 6) is -1.18. The van der Waals surface area contributed by atoms with Crippen molar-refractivity contribution in [1.29, 1.82) is 0 Å². The van der Waals surface area contributed by atoms with Gasteiger partial charge in [0.15, 0.2) is 5.76 Å². The van der Waals surface area contributed by atoms with E-state index in [1.807, 2.05) is 6.92 Å². The summed E-state index contributed by atoms with van der Waals surface area (Å²) in [4.78, 5) is 37.4. The third kappa shape index (κ3) is 3.15. The number of ether oxygens (including phenoxy) is 1. The van der Waals surface area contributed by atoms with Crippen molar-refractivity contribution in [1.82, 2.24) is 10.2 Å². The SMILES string of the molecule is C=CC1=C(C(=O)O)N2C(=O)[C@@H](NC(=O)c3ccc(COCC)o3)[C@H]2SC1. The van der Waals surface area contributed by atoms with E-state index < -0.39 is 29.2 Å². The number of nitrogens with one attached hydrogen (secondary N) is 1. The van der Waals surface area contributed by atoms with Gasteiger partial charge in [0.1, 0.15) is 29.5 Å². The minimum absolute atomic E-state index is 0.0729. The first-order valence-corrected chi connectivity index (χ1v) is 9.03. The van der Waals surface area contributed by atoms with Crippen LogP contribution < -0.4 is 5.32 Å². The maximum absolute atomic E-state index is 12.4. The molecule has 2 amide bonds. The van der Waals surface area contributed by atoms with Crippen molar-refractivity contribution in [3.05, 3.63) is 47.6 Å². The van der Waals surface area contributed by atoms with Crippen molar-refractivity contribution in [2.75, 3.05) is 12.4 Å². The summed E-state index contributed by atoms with van der Waals surface area (Å²) in [6.07, 6.45) is 1.44. The molecule has 0 unspecified atom stereocenters. The molecule has 2 aliphatic heterocycles. The number of hydrogen-bond acceptors (Lipinski definition) is 6. The predicted molar refractivity (Wildman–Crippen MR) is 93.2 cm³/mol. The fourth-order valence-corrected chi connectivity index (χ4v) is 4.13. The molecule has 1 saturated heterocycles. The second-order valence-electron chi connectivity index (χ2n) is 5.65. The highest BCUT2D eigenvalue weighted by Crippen LogP contribution is 2.40. The van der Waals surface area contributed by atoms with Gasteiger partial charge in [-0.1, -0.05) is 12.7 Å². The van der Waals surface area contributed by atoms with Crippen molar-refractivity contribution in [2.45, 2.75) is 24.9 Å². The van der Waals surface area contributed by atoms with Crippen molar-refractivity contribution in [3.8, 4) is 0 Å². The highest BCUT2D eigenvalue weighted by molar-refractivity contribution is 8.00.